The molecule has 138 valence electrons. The number of Topliss-reactive ketones (excluding diaryl/α,β-unsaturated/α-hetero) is 1. The van der Waals surface area contributed by atoms with Crippen molar-refractivity contribution in [3.8, 4) is 23.0 Å². The van der Waals surface area contributed by atoms with Gasteiger partial charge in [-0.25, -0.2) is 4.79 Å². The molecule has 0 N–H and O–H groups in total. The highest BCUT2D eigenvalue weighted by molar-refractivity contribution is 6.02. The third-order valence-corrected chi connectivity index (χ3v) is 3.66. The van der Waals surface area contributed by atoms with Crippen LogP contribution in [0.15, 0.2) is 36.4 Å². The van der Waals surface area contributed by atoms with Crippen molar-refractivity contribution in [1.82, 2.24) is 0 Å². The molecule has 7 nitrogen and oxygen atoms in total. The number of carbonyl (C=O) groups excluding carboxylic acids is 2. The fraction of sp³-hybridized carbons (Fsp3) is 0.263. The van der Waals surface area contributed by atoms with Gasteiger partial charge >= 0.3 is 5.97 Å². The molecule has 0 aliphatic carbocycles. The quantitative estimate of drug-likeness (QED) is 0.529. The molecule has 2 aromatic rings. The van der Waals surface area contributed by atoms with Crippen molar-refractivity contribution in [1.29, 1.82) is 0 Å². The largest absolute Gasteiger partial charge is 0.497 e. The number of ether oxygens (including phenoxy) is 5. The van der Waals surface area contributed by atoms with Crippen molar-refractivity contribution >= 4 is 11.8 Å². The van der Waals surface area contributed by atoms with Crippen LogP contribution < -0.4 is 18.9 Å². The van der Waals surface area contributed by atoms with Gasteiger partial charge in [0.25, 0.3) is 0 Å². The Morgan fingerprint density at radius 2 is 1.54 bits per heavy atom. The first kappa shape index (κ1) is 19.1. The number of hydrogen-bond acceptors (Lipinski definition) is 7. The van der Waals surface area contributed by atoms with Crippen molar-refractivity contribution in [2.75, 3.05) is 35.0 Å². The van der Waals surface area contributed by atoms with Gasteiger partial charge in [0.05, 0.1) is 34.0 Å². The van der Waals surface area contributed by atoms with E-state index in [-0.39, 0.29) is 16.9 Å². The van der Waals surface area contributed by atoms with Gasteiger partial charge in [0.1, 0.15) is 17.1 Å². The minimum absolute atomic E-state index is 0.164. The fourth-order valence-electron chi connectivity index (χ4n) is 2.37. The van der Waals surface area contributed by atoms with Crippen molar-refractivity contribution in [2.45, 2.75) is 0 Å². The summed E-state index contributed by atoms with van der Waals surface area (Å²) in [6.07, 6.45) is 0. The molecule has 2 aromatic carbocycles. The Morgan fingerprint density at radius 1 is 0.808 bits per heavy atom. The molecule has 0 spiro atoms. The number of carbonyl (C=O) groups is 2. The zero-order valence-electron chi connectivity index (χ0n) is 15.0. The maximum Gasteiger partial charge on any atom is 0.342 e. The lowest BCUT2D eigenvalue weighted by molar-refractivity contribution is 0.0470. The molecular formula is C19H20O7. The van der Waals surface area contributed by atoms with Crippen molar-refractivity contribution in [3.05, 3.63) is 47.5 Å². The van der Waals surface area contributed by atoms with E-state index in [1.165, 1.54) is 40.6 Å². The van der Waals surface area contributed by atoms with Crippen LogP contribution in [0.5, 0.6) is 23.0 Å². The topological polar surface area (TPSA) is 80.3 Å². The summed E-state index contributed by atoms with van der Waals surface area (Å²) in [5.74, 6) is 0.377. The summed E-state index contributed by atoms with van der Waals surface area (Å²) < 4.78 is 25.8. The molecule has 26 heavy (non-hydrogen) atoms. The van der Waals surface area contributed by atoms with Crippen molar-refractivity contribution in [3.63, 3.8) is 0 Å². The van der Waals surface area contributed by atoms with Crippen molar-refractivity contribution < 1.29 is 33.3 Å². The highest BCUT2D eigenvalue weighted by atomic mass is 16.5. The molecule has 0 saturated heterocycles. The zero-order valence-corrected chi connectivity index (χ0v) is 15.0. The van der Waals surface area contributed by atoms with E-state index in [4.69, 9.17) is 23.7 Å². The first-order valence-corrected chi connectivity index (χ1v) is 7.69. The molecule has 0 amide bonds. The van der Waals surface area contributed by atoms with Crippen molar-refractivity contribution in [2.24, 2.45) is 0 Å². The average Bonchev–Trinajstić information content (AvgIpc) is 2.70. The van der Waals surface area contributed by atoms with Gasteiger partial charge in [-0.3, -0.25) is 4.79 Å². The summed E-state index contributed by atoms with van der Waals surface area (Å²) in [4.78, 5) is 24.8. The predicted molar refractivity (Wildman–Crippen MR) is 93.7 cm³/mol. The third kappa shape index (κ3) is 4.05. The Hall–Kier alpha value is -3.22. The van der Waals surface area contributed by atoms with E-state index < -0.39 is 18.4 Å². The Bertz CT molecular complexity index is 784. The van der Waals surface area contributed by atoms with Crippen LogP contribution in [0, 0.1) is 0 Å². The van der Waals surface area contributed by atoms with Gasteiger partial charge in [0, 0.05) is 0 Å². The number of esters is 1. The molecule has 0 aromatic heterocycles. The van der Waals surface area contributed by atoms with Gasteiger partial charge in [0.2, 0.25) is 5.78 Å². The number of methoxy groups -OCH3 is 4. The van der Waals surface area contributed by atoms with Crippen LogP contribution >= 0.6 is 0 Å². The van der Waals surface area contributed by atoms with E-state index in [2.05, 4.69) is 0 Å². The van der Waals surface area contributed by atoms with Crippen LogP contribution in [0.3, 0.4) is 0 Å². The Labute approximate surface area is 151 Å². The lowest BCUT2D eigenvalue weighted by atomic mass is 10.1. The summed E-state index contributed by atoms with van der Waals surface area (Å²) in [5, 5.41) is 0. The number of hydrogen-bond donors (Lipinski definition) is 0. The third-order valence-electron chi connectivity index (χ3n) is 3.66. The number of rotatable bonds is 8. The van der Waals surface area contributed by atoms with Gasteiger partial charge < -0.3 is 23.7 Å². The van der Waals surface area contributed by atoms with E-state index in [1.54, 1.807) is 24.3 Å². The fourth-order valence-corrected chi connectivity index (χ4v) is 2.37. The first-order valence-electron chi connectivity index (χ1n) is 7.69. The van der Waals surface area contributed by atoms with E-state index >= 15 is 0 Å². The molecule has 0 heterocycles. The SMILES string of the molecule is COc1ccc(OC)c(C(=O)COC(=O)c2cccc(OC)c2OC)c1. The second kappa shape index (κ2) is 8.75. The van der Waals surface area contributed by atoms with Crippen LogP contribution in [0.4, 0.5) is 0 Å². The molecule has 0 unspecified atom stereocenters. The van der Waals surface area contributed by atoms with Crippen LogP contribution in [0.25, 0.3) is 0 Å². The highest BCUT2D eigenvalue weighted by Gasteiger charge is 2.20. The monoisotopic (exact) mass is 360 g/mol. The average molecular weight is 360 g/mol. The molecule has 0 aliphatic heterocycles. The Kier molecular flexibility index (Phi) is 6.43. The first-order chi connectivity index (χ1) is 12.5. The predicted octanol–water partition coefficient (Wildman–Crippen LogP) is 2.76. The minimum Gasteiger partial charge on any atom is -0.497 e. The van der Waals surface area contributed by atoms with E-state index in [0.717, 1.165) is 0 Å². The summed E-state index contributed by atoms with van der Waals surface area (Å²) in [7, 11) is 5.82. The van der Waals surface area contributed by atoms with E-state index in [1.807, 2.05) is 0 Å². The molecule has 7 heteroatoms. The molecule has 0 bridgehead atoms. The molecule has 2 rings (SSSR count). The van der Waals surface area contributed by atoms with Gasteiger partial charge in [0.15, 0.2) is 18.1 Å². The normalized spacial score (nSPS) is 10.0. The smallest absolute Gasteiger partial charge is 0.342 e. The second-order valence-corrected chi connectivity index (χ2v) is 5.11. The van der Waals surface area contributed by atoms with Gasteiger partial charge in [-0.1, -0.05) is 6.07 Å². The molecular weight excluding hydrogens is 340 g/mol. The van der Waals surface area contributed by atoms with Gasteiger partial charge in [-0.15, -0.1) is 0 Å². The number of ketones is 1. The summed E-state index contributed by atoms with van der Waals surface area (Å²) in [6, 6.07) is 9.62. The summed E-state index contributed by atoms with van der Waals surface area (Å²) in [5.41, 5.74) is 0.425. The minimum atomic E-state index is -0.698. The number of para-hydroxylation sites is 1. The number of benzene rings is 2. The van der Waals surface area contributed by atoms with Gasteiger partial charge in [-0.05, 0) is 30.3 Å². The highest BCUT2D eigenvalue weighted by Crippen LogP contribution is 2.31. The molecule has 0 saturated carbocycles. The van der Waals surface area contributed by atoms with Crippen LogP contribution in [-0.4, -0.2) is 46.8 Å². The maximum absolute atomic E-state index is 12.4. The molecule has 0 atom stereocenters. The second-order valence-electron chi connectivity index (χ2n) is 5.11. The van der Waals surface area contributed by atoms with Crippen LogP contribution in [-0.2, 0) is 4.74 Å². The lowest BCUT2D eigenvalue weighted by Gasteiger charge is -2.12. The Morgan fingerprint density at radius 3 is 2.15 bits per heavy atom. The van der Waals surface area contributed by atoms with Gasteiger partial charge in [-0.2, -0.15) is 0 Å². The van der Waals surface area contributed by atoms with E-state index in [0.29, 0.717) is 17.2 Å². The van der Waals surface area contributed by atoms with E-state index in [9.17, 15) is 9.59 Å². The van der Waals surface area contributed by atoms with Crippen LogP contribution in [0.2, 0.25) is 0 Å². The summed E-state index contributed by atoms with van der Waals surface area (Å²) >= 11 is 0. The maximum atomic E-state index is 12.4. The lowest BCUT2D eigenvalue weighted by Crippen LogP contribution is -2.16. The zero-order chi connectivity index (χ0) is 19.1. The standard InChI is InChI=1S/C19H20O7/c1-22-12-8-9-16(23-2)14(10-12)15(20)11-26-19(21)13-6-5-7-17(24-3)18(13)25-4/h5-10H,11H2,1-4H3. The summed E-state index contributed by atoms with van der Waals surface area (Å²) in [6.45, 7) is -0.456. The molecule has 0 radical (unpaired) electrons. The Balaban J connectivity index is 2.17. The molecule has 0 fully saturated rings. The molecule has 0 aliphatic rings. The van der Waals surface area contributed by atoms with Crippen LogP contribution in [0.1, 0.15) is 20.7 Å².